The molecule has 2 atom stereocenters. The van der Waals surface area contributed by atoms with E-state index in [-0.39, 0.29) is 5.97 Å². The van der Waals surface area contributed by atoms with Gasteiger partial charge in [-0.2, -0.15) is 0 Å². The molecule has 0 amide bonds. The predicted octanol–water partition coefficient (Wildman–Crippen LogP) is 3.52. The average Bonchev–Trinajstić information content (AvgIpc) is 2.63. The summed E-state index contributed by atoms with van der Waals surface area (Å²) < 4.78 is 10.0. The van der Waals surface area contributed by atoms with Gasteiger partial charge in [-0.1, -0.05) is 24.3 Å². The lowest BCUT2D eigenvalue weighted by Crippen LogP contribution is -2.28. The molecule has 0 aliphatic heterocycles. The molecule has 0 bridgehead atoms. The van der Waals surface area contributed by atoms with Crippen molar-refractivity contribution < 1.29 is 19.4 Å². The van der Waals surface area contributed by atoms with Gasteiger partial charge in [0.15, 0.2) is 0 Å². The molecule has 0 fully saturated rings. The van der Waals surface area contributed by atoms with Crippen molar-refractivity contribution in [2.75, 3.05) is 20.8 Å². The number of esters is 1. The zero-order valence-corrected chi connectivity index (χ0v) is 15.2. The van der Waals surface area contributed by atoms with Crippen LogP contribution in [-0.4, -0.2) is 36.9 Å². The van der Waals surface area contributed by atoms with Crippen LogP contribution < -0.4 is 0 Å². The minimum atomic E-state index is -0.747. The maximum Gasteiger partial charge on any atom is 0.315 e. The Morgan fingerprint density at radius 1 is 1.32 bits per heavy atom. The van der Waals surface area contributed by atoms with Crippen molar-refractivity contribution in [1.29, 1.82) is 0 Å². The van der Waals surface area contributed by atoms with Crippen molar-refractivity contribution in [3.8, 4) is 0 Å². The van der Waals surface area contributed by atoms with Gasteiger partial charge in [-0.15, -0.1) is 0 Å². The molecule has 0 radical (unpaired) electrons. The number of hydrogen-bond acceptors (Lipinski definition) is 5. The molecular formula is C20H25NO4. The fraction of sp³-hybridized carbons (Fsp3) is 0.400. The normalized spacial score (nSPS) is 15.2. The molecule has 5 heteroatoms. The lowest BCUT2D eigenvalue weighted by Gasteiger charge is -2.22. The van der Waals surface area contributed by atoms with Crippen LogP contribution in [0.5, 0.6) is 0 Å². The van der Waals surface area contributed by atoms with E-state index in [9.17, 15) is 9.90 Å². The van der Waals surface area contributed by atoms with Crippen molar-refractivity contribution >= 4 is 22.8 Å². The Morgan fingerprint density at radius 2 is 2.08 bits per heavy atom. The van der Waals surface area contributed by atoms with Crippen LogP contribution in [0.2, 0.25) is 0 Å². The van der Waals surface area contributed by atoms with Crippen LogP contribution in [0.25, 0.3) is 16.8 Å². The molecule has 1 aromatic heterocycles. The van der Waals surface area contributed by atoms with Crippen LogP contribution >= 0.6 is 0 Å². The molecule has 0 saturated carbocycles. The number of fused-ring (bicyclic) bond motifs is 1. The number of aliphatic hydroxyl groups is 1. The van der Waals surface area contributed by atoms with E-state index in [1.54, 1.807) is 20.2 Å². The van der Waals surface area contributed by atoms with Gasteiger partial charge in [0.1, 0.15) is 0 Å². The molecular weight excluding hydrogens is 318 g/mol. The van der Waals surface area contributed by atoms with Gasteiger partial charge >= 0.3 is 5.97 Å². The number of ether oxygens (including phenoxy) is 2. The monoisotopic (exact) mass is 343 g/mol. The van der Waals surface area contributed by atoms with Crippen LogP contribution in [-0.2, 0) is 14.3 Å². The van der Waals surface area contributed by atoms with E-state index < -0.39 is 11.5 Å². The lowest BCUT2D eigenvalue weighted by molar-refractivity contribution is -0.149. The highest BCUT2D eigenvalue weighted by Gasteiger charge is 2.31. The summed E-state index contributed by atoms with van der Waals surface area (Å²) in [6, 6.07) is 7.82. The fourth-order valence-corrected chi connectivity index (χ4v) is 2.59. The molecule has 0 aliphatic rings. The van der Waals surface area contributed by atoms with E-state index in [0.717, 1.165) is 16.3 Å². The topological polar surface area (TPSA) is 68.7 Å². The van der Waals surface area contributed by atoms with Gasteiger partial charge in [0.2, 0.25) is 0 Å². The molecule has 1 aromatic carbocycles. The summed E-state index contributed by atoms with van der Waals surface area (Å²) in [6.07, 6.45) is 5.45. The Kier molecular flexibility index (Phi) is 6.28. The second-order valence-corrected chi connectivity index (χ2v) is 6.38. The van der Waals surface area contributed by atoms with E-state index in [0.29, 0.717) is 18.7 Å². The van der Waals surface area contributed by atoms with Crippen LogP contribution in [0.15, 0.2) is 36.5 Å². The van der Waals surface area contributed by atoms with Gasteiger partial charge in [0.25, 0.3) is 0 Å². The molecule has 2 aromatic rings. The van der Waals surface area contributed by atoms with Crippen LogP contribution in [0.1, 0.15) is 37.6 Å². The first kappa shape index (κ1) is 19.1. The highest BCUT2D eigenvalue weighted by molar-refractivity contribution is 5.85. The van der Waals surface area contributed by atoms with Gasteiger partial charge in [0.05, 0.1) is 24.3 Å². The number of carbonyl (C=O) groups excluding carboxylic acids is 1. The maximum absolute atomic E-state index is 12.1. The molecule has 1 heterocycles. The third-order valence-electron chi connectivity index (χ3n) is 4.32. The van der Waals surface area contributed by atoms with Gasteiger partial charge < -0.3 is 14.6 Å². The number of aromatic nitrogens is 1. The van der Waals surface area contributed by atoms with Crippen molar-refractivity contribution in [2.24, 2.45) is 5.41 Å². The highest BCUT2D eigenvalue weighted by Crippen LogP contribution is 2.27. The number of pyridine rings is 1. The maximum atomic E-state index is 12.1. The molecule has 0 aliphatic carbocycles. The van der Waals surface area contributed by atoms with E-state index >= 15 is 0 Å². The number of nitrogens with zero attached hydrogens (tertiary/aromatic N) is 1. The highest BCUT2D eigenvalue weighted by atomic mass is 16.5. The van der Waals surface area contributed by atoms with E-state index in [1.165, 1.54) is 7.11 Å². The Labute approximate surface area is 148 Å². The zero-order valence-electron chi connectivity index (χ0n) is 15.2. The standard InChI is InChI=1S/C20H25NO4/c1-14(22)18-12-17-11-15(5-6-16(17)13-21-18)7-8-20(2,9-10-24-3)19(23)25-4/h5-8,11-14,22H,9-10H2,1-4H3/b8-7+/t14-,20?/m1/s1. The van der Waals surface area contributed by atoms with E-state index in [2.05, 4.69) is 4.98 Å². The van der Waals surface area contributed by atoms with Crippen LogP contribution in [0.4, 0.5) is 0 Å². The molecule has 0 spiro atoms. The third kappa shape index (κ3) is 4.65. The number of methoxy groups -OCH3 is 2. The molecule has 134 valence electrons. The first-order chi connectivity index (χ1) is 11.9. The van der Waals surface area contributed by atoms with Crippen molar-refractivity contribution in [3.05, 3.63) is 47.8 Å². The van der Waals surface area contributed by atoms with Crippen LogP contribution in [0, 0.1) is 5.41 Å². The molecule has 25 heavy (non-hydrogen) atoms. The zero-order chi connectivity index (χ0) is 18.4. The summed E-state index contributed by atoms with van der Waals surface area (Å²) in [5.74, 6) is -0.290. The summed E-state index contributed by atoms with van der Waals surface area (Å²) in [6.45, 7) is 4.00. The van der Waals surface area contributed by atoms with Gasteiger partial charge in [-0.3, -0.25) is 9.78 Å². The molecule has 5 nitrogen and oxygen atoms in total. The molecule has 2 rings (SSSR count). The quantitative estimate of drug-likeness (QED) is 0.779. The molecule has 0 saturated heterocycles. The minimum absolute atomic E-state index is 0.290. The third-order valence-corrected chi connectivity index (χ3v) is 4.32. The Balaban J connectivity index is 2.33. The van der Waals surface area contributed by atoms with Crippen molar-refractivity contribution in [3.63, 3.8) is 0 Å². The van der Waals surface area contributed by atoms with Gasteiger partial charge in [-0.05, 0) is 43.4 Å². The lowest BCUT2D eigenvalue weighted by atomic mass is 9.86. The predicted molar refractivity (Wildman–Crippen MR) is 98.0 cm³/mol. The van der Waals surface area contributed by atoms with E-state index in [1.807, 2.05) is 43.3 Å². The number of carbonyl (C=O) groups is 1. The second-order valence-electron chi connectivity index (χ2n) is 6.38. The average molecular weight is 343 g/mol. The minimum Gasteiger partial charge on any atom is -0.468 e. The molecule has 1 N–H and O–H groups in total. The largest absolute Gasteiger partial charge is 0.468 e. The first-order valence-corrected chi connectivity index (χ1v) is 8.24. The Morgan fingerprint density at radius 3 is 2.72 bits per heavy atom. The first-order valence-electron chi connectivity index (χ1n) is 8.24. The fourth-order valence-electron chi connectivity index (χ4n) is 2.59. The van der Waals surface area contributed by atoms with Gasteiger partial charge in [0, 0.05) is 25.3 Å². The molecule has 1 unspecified atom stereocenters. The summed E-state index contributed by atoms with van der Waals surface area (Å²) in [7, 11) is 3.00. The van der Waals surface area contributed by atoms with Crippen molar-refractivity contribution in [1.82, 2.24) is 4.98 Å². The van der Waals surface area contributed by atoms with Crippen LogP contribution in [0.3, 0.4) is 0 Å². The summed E-state index contributed by atoms with van der Waals surface area (Å²) in [4.78, 5) is 16.4. The number of benzene rings is 1. The Bertz CT molecular complexity index is 769. The summed E-state index contributed by atoms with van der Waals surface area (Å²) in [5.41, 5.74) is 0.846. The van der Waals surface area contributed by atoms with Crippen molar-refractivity contribution in [2.45, 2.75) is 26.4 Å². The number of rotatable bonds is 7. The smallest absolute Gasteiger partial charge is 0.315 e. The number of hydrogen-bond donors (Lipinski definition) is 1. The SMILES string of the molecule is COCCC(C)(/C=C/c1ccc2cnc([C@@H](C)O)cc2c1)C(=O)OC. The second kappa shape index (κ2) is 8.23. The van der Waals surface area contributed by atoms with E-state index in [4.69, 9.17) is 9.47 Å². The summed E-state index contributed by atoms with van der Waals surface area (Å²) >= 11 is 0. The Hall–Kier alpha value is -2.24. The summed E-state index contributed by atoms with van der Waals surface area (Å²) in [5, 5.41) is 11.7. The number of aliphatic hydroxyl groups excluding tert-OH is 1. The van der Waals surface area contributed by atoms with Gasteiger partial charge in [-0.25, -0.2) is 0 Å².